The number of carboxylic acid groups (broad SMARTS) is 1. The van der Waals surface area contributed by atoms with Crippen molar-refractivity contribution in [1.29, 1.82) is 0 Å². The normalized spacial score (nSPS) is 11.3. The van der Waals surface area contributed by atoms with Gasteiger partial charge in [0, 0.05) is 6.54 Å². The lowest BCUT2D eigenvalue weighted by Gasteiger charge is -2.17. The Morgan fingerprint density at radius 1 is 0.708 bits per heavy atom. The van der Waals surface area contributed by atoms with E-state index in [4.69, 9.17) is 29.7 Å². The molecule has 356 valence electrons. The van der Waals surface area contributed by atoms with Crippen LogP contribution < -0.4 is 33.5 Å². The smallest absolute Gasteiger partial charge is 0.349 e. The number of carboxylic acids is 1. The molecule has 25 heteroatoms. The summed E-state index contributed by atoms with van der Waals surface area (Å²) in [5.41, 5.74) is 7.89. The number of aliphatic carboxylic acids is 1. The van der Waals surface area contributed by atoms with Gasteiger partial charge in [-0.15, -0.1) is 0 Å². The monoisotopic (exact) mass is 948 g/mol. The minimum Gasteiger partial charge on any atom is -0.480 e. The number of aromatic amines is 2. The summed E-state index contributed by atoms with van der Waals surface area (Å²) in [6, 6.07) is 7.12. The molecular formula is C40H58N10O13P2. The number of aromatic nitrogens is 8. The van der Waals surface area contributed by atoms with Crippen molar-refractivity contribution in [3.8, 4) is 23.0 Å². The molecule has 1 amide bonds. The van der Waals surface area contributed by atoms with Gasteiger partial charge in [0.05, 0.1) is 47.6 Å². The number of nitrogens with two attached hydrogens (primary N) is 1. The van der Waals surface area contributed by atoms with Crippen molar-refractivity contribution in [2.45, 2.75) is 82.3 Å². The number of hydrogen-bond donors (Lipinski definition) is 7. The van der Waals surface area contributed by atoms with Crippen LogP contribution in [0, 0.1) is 27.7 Å². The lowest BCUT2D eigenvalue weighted by molar-refractivity contribution is -0.137. The summed E-state index contributed by atoms with van der Waals surface area (Å²) >= 11 is 0. The molecule has 0 unspecified atom stereocenters. The molecule has 0 atom stereocenters. The Hall–Kier alpha value is -5.80. The van der Waals surface area contributed by atoms with Gasteiger partial charge in [0.25, 0.3) is 11.1 Å². The number of carbonyl (C=O) groups is 2. The summed E-state index contributed by atoms with van der Waals surface area (Å²) in [7, 11) is -6.94. The van der Waals surface area contributed by atoms with Crippen molar-refractivity contribution in [1.82, 2.24) is 44.4 Å². The molecule has 0 radical (unpaired) electrons. The van der Waals surface area contributed by atoms with E-state index < -0.39 is 56.1 Å². The van der Waals surface area contributed by atoms with Gasteiger partial charge in [0.1, 0.15) is 13.1 Å². The number of amides is 1. The molecule has 0 aromatic heterocycles. The molecule has 6 rings (SSSR count). The highest BCUT2D eigenvalue weighted by atomic mass is 31.2. The van der Waals surface area contributed by atoms with Gasteiger partial charge in [0.2, 0.25) is 5.91 Å². The van der Waals surface area contributed by atoms with Crippen LogP contribution >= 0.6 is 15.2 Å². The van der Waals surface area contributed by atoms with Crippen LogP contribution in [0.15, 0.2) is 43.4 Å². The number of aryl methyl sites for hydroxylation is 4. The van der Waals surface area contributed by atoms with E-state index in [0.29, 0.717) is 54.4 Å². The molecule has 0 fully saturated rings. The molecule has 0 saturated carbocycles. The summed E-state index contributed by atoms with van der Waals surface area (Å²) in [5.74, 6) is -1.61. The van der Waals surface area contributed by atoms with Crippen molar-refractivity contribution in [3.63, 3.8) is 0 Å². The first-order chi connectivity index (χ1) is 29.6. The molecular weight excluding hydrogens is 890 g/mol. The van der Waals surface area contributed by atoms with Gasteiger partial charge >= 0.3 is 32.5 Å². The minimum absolute atomic E-state index is 0. The van der Waals surface area contributed by atoms with E-state index >= 15 is 0 Å². The van der Waals surface area contributed by atoms with E-state index in [1.165, 1.54) is 9.13 Å². The predicted octanol–water partition coefficient (Wildman–Crippen LogP) is 3.04. The van der Waals surface area contributed by atoms with Gasteiger partial charge in [-0.1, -0.05) is 14.9 Å². The molecule has 65 heavy (non-hydrogen) atoms. The predicted molar refractivity (Wildman–Crippen MR) is 246 cm³/mol. The van der Waals surface area contributed by atoms with Crippen molar-refractivity contribution >= 4 is 49.1 Å². The molecule has 8 N–H and O–H groups in total. The highest BCUT2D eigenvalue weighted by Gasteiger charge is 2.24. The van der Waals surface area contributed by atoms with Crippen molar-refractivity contribution in [2.75, 3.05) is 38.6 Å². The number of nitrogens with one attached hydrogen (secondary N) is 3. The van der Waals surface area contributed by atoms with Crippen LogP contribution in [-0.2, 0) is 40.9 Å². The van der Waals surface area contributed by atoms with E-state index in [1.807, 2.05) is 32.7 Å². The van der Waals surface area contributed by atoms with Crippen LogP contribution in [0.4, 0.5) is 0 Å². The number of rotatable bonds is 15. The molecule has 0 spiro atoms. The SMILES string of the molecule is C.C.CCOP(=O)(CCCN)OCC.Cc1cc2nc3c(=O)[nH]c(=O)nc-3n(CC(=O)NCCCP(=O)(O)O)c2cc1C.Cc1cc2nc3c(=O)[nH]c(=O)nc-3n(CC(=O)O)c2cc1C. The summed E-state index contributed by atoms with van der Waals surface area (Å²) in [5, 5.41) is 11.7. The third kappa shape index (κ3) is 14.9. The van der Waals surface area contributed by atoms with Gasteiger partial charge in [0.15, 0.2) is 23.0 Å². The Morgan fingerprint density at radius 3 is 1.54 bits per heavy atom. The lowest BCUT2D eigenvalue weighted by Crippen LogP contribution is -2.33. The molecule has 4 aliphatic rings. The summed E-state index contributed by atoms with van der Waals surface area (Å²) in [4.78, 5) is 109. The highest BCUT2D eigenvalue weighted by molar-refractivity contribution is 7.53. The Labute approximate surface area is 373 Å². The van der Waals surface area contributed by atoms with Crippen LogP contribution in [0.1, 0.15) is 63.8 Å². The summed E-state index contributed by atoms with van der Waals surface area (Å²) in [6.07, 6.45) is 0.873. The third-order valence-corrected chi connectivity index (χ3v) is 12.3. The fourth-order valence-corrected chi connectivity index (χ4v) is 8.37. The maximum absolute atomic E-state index is 12.4. The molecule has 23 nitrogen and oxygen atoms in total. The molecule has 4 heterocycles. The van der Waals surface area contributed by atoms with Crippen molar-refractivity contribution in [2.24, 2.45) is 5.73 Å². The Morgan fingerprint density at radius 2 is 1.14 bits per heavy atom. The molecule has 0 saturated heterocycles. The maximum atomic E-state index is 12.4. The van der Waals surface area contributed by atoms with Gasteiger partial charge in [-0.05, 0) is 107 Å². The van der Waals surface area contributed by atoms with Crippen LogP contribution in [0.5, 0.6) is 0 Å². The Bertz CT molecular complexity index is 2900. The highest BCUT2D eigenvalue weighted by Crippen LogP contribution is 2.48. The van der Waals surface area contributed by atoms with Crippen molar-refractivity contribution < 1.29 is 42.7 Å². The maximum Gasteiger partial charge on any atom is 0.349 e. The molecule has 4 aliphatic heterocycles. The lowest BCUT2D eigenvalue weighted by atomic mass is 10.1. The molecule has 0 bridgehead atoms. The van der Waals surface area contributed by atoms with Gasteiger partial charge in [-0.2, -0.15) is 9.97 Å². The van der Waals surface area contributed by atoms with E-state index in [9.17, 15) is 37.9 Å². The van der Waals surface area contributed by atoms with Crippen LogP contribution in [0.3, 0.4) is 0 Å². The van der Waals surface area contributed by atoms with Crippen LogP contribution in [-0.4, -0.2) is 104 Å². The first-order valence-corrected chi connectivity index (χ1v) is 23.1. The topological polar surface area (TPSA) is 347 Å². The minimum atomic E-state index is -4.13. The molecule has 2 aromatic carbocycles. The Balaban J connectivity index is 0.000000358. The zero-order valence-corrected chi connectivity index (χ0v) is 37.2. The average Bonchev–Trinajstić information content (AvgIpc) is 3.18. The van der Waals surface area contributed by atoms with E-state index in [0.717, 1.165) is 22.3 Å². The molecule has 2 aromatic rings. The third-order valence-electron chi connectivity index (χ3n) is 9.28. The quantitative estimate of drug-likeness (QED) is 0.0442. The fourth-order valence-electron chi connectivity index (χ4n) is 6.11. The average molecular weight is 949 g/mol. The number of fused-ring (bicyclic) bond motifs is 4. The molecule has 0 aliphatic carbocycles. The van der Waals surface area contributed by atoms with E-state index in [1.54, 1.807) is 38.1 Å². The fraction of sp³-hybridized carbons (Fsp3) is 0.450. The van der Waals surface area contributed by atoms with Crippen LogP contribution in [0.2, 0.25) is 0 Å². The number of nitrogens with zero attached hydrogens (tertiary/aromatic N) is 6. The van der Waals surface area contributed by atoms with Gasteiger partial charge in [-0.3, -0.25) is 38.3 Å². The number of benzene rings is 2. The van der Waals surface area contributed by atoms with Gasteiger partial charge < -0.3 is 44.1 Å². The largest absolute Gasteiger partial charge is 0.480 e. The standard InChI is InChI=1S/C17H20N5O6P.C14H12N4O4.C7H18NO3P.2CH4/c1-9-6-11-12(7-10(9)2)22(8-13(23)18-4-3-5-29(26,27)28)15-14(19-11)16(24)21-17(25)20-15;1-6-3-8-9(4-7(6)2)18(5-10(19)20)12-11(15-8)13(21)17-14(22)16-12;1-3-10-12(9,11-4-2)7-5-6-8;;/h6-7H,3-5,8H2,1-2H3,(H,18,23)(H,21,24,25)(H2,26,27,28);3-4H,5H2,1-2H3,(H,19,20)(H,17,21,22);3-8H2,1-2H3;2*1H4. The van der Waals surface area contributed by atoms with E-state index in [2.05, 4.69) is 30.2 Å². The number of H-pyrrole nitrogens is 2. The zero-order chi connectivity index (χ0) is 46.8. The van der Waals surface area contributed by atoms with Gasteiger partial charge in [-0.25, -0.2) is 19.6 Å². The second-order valence-electron chi connectivity index (χ2n) is 14.1. The zero-order valence-electron chi connectivity index (χ0n) is 35.5. The Kier molecular flexibility index (Phi) is 20.4. The summed E-state index contributed by atoms with van der Waals surface area (Å²) < 4.78 is 35.4. The first-order valence-electron chi connectivity index (χ1n) is 19.5. The number of hydrogen-bond acceptors (Lipinski definition) is 15. The summed E-state index contributed by atoms with van der Waals surface area (Å²) in [6.45, 7) is 11.9. The number of carbonyl (C=O) groups excluding carboxylic acids is 1. The second kappa shape index (κ2) is 23.9. The first kappa shape index (κ1) is 55.3. The van der Waals surface area contributed by atoms with E-state index in [-0.39, 0.29) is 63.6 Å². The second-order valence-corrected chi connectivity index (χ2v) is 18.1. The van der Waals surface area contributed by atoms with Crippen molar-refractivity contribution in [3.05, 3.63) is 88.2 Å². The van der Waals surface area contributed by atoms with Crippen LogP contribution in [0.25, 0.3) is 45.1 Å².